The van der Waals surface area contributed by atoms with Crippen molar-refractivity contribution in [3.8, 4) is 11.5 Å². The maximum atomic E-state index is 13.0. The second-order valence-corrected chi connectivity index (χ2v) is 18.0. The summed E-state index contributed by atoms with van der Waals surface area (Å²) in [5, 5.41) is 11.7. The Morgan fingerprint density at radius 3 is 1.85 bits per heavy atom. The Hall–Kier alpha value is -4.00. The summed E-state index contributed by atoms with van der Waals surface area (Å²) in [5.74, 6) is 1.39. The monoisotopic (exact) mass is 660 g/mol. The largest absolute Gasteiger partial charge is 0.497 e. The standard InChI is InChI=1S/C36H44N2O8Si/c1-35(2,3)47(6,7)46-32-31(40)29(45-33(32)38-22-21-30(39)37-34(38)41)23-44-36(24-11-9-8-10-12-24,25-13-17-27(42-4)18-14-25)26-15-19-28(43-5)20-16-26/h8-22,29,31-33,40H,23H2,1-7H3,(H,37,39,41). The number of aromatic nitrogens is 2. The Morgan fingerprint density at radius 2 is 1.36 bits per heavy atom. The molecule has 0 spiro atoms. The minimum Gasteiger partial charge on any atom is -0.497 e. The quantitative estimate of drug-likeness (QED) is 0.166. The van der Waals surface area contributed by atoms with Gasteiger partial charge in [0, 0.05) is 12.3 Å². The highest BCUT2D eigenvalue weighted by molar-refractivity contribution is 6.74. The van der Waals surface area contributed by atoms with E-state index in [0.29, 0.717) is 11.5 Å². The average Bonchev–Trinajstić information content (AvgIpc) is 3.35. The van der Waals surface area contributed by atoms with Crippen LogP contribution in [0.25, 0.3) is 0 Å². The maximum Gasteiger partial charge on any atom is 0.330 e. The second-order valence-electron chi connectivity index (χ2n) is 13.2. The molecule has 1 aliphatic rings. The summed E-state index contributed by atoms with van der Waals surface area (Å²) in [7, 11) is 0.760. The van der Waals surface area contributed by atoms with E-state index in [1.165, 1.54) is 16.8 Å². The molecule has 2 N–H and O–H groups in total. The van der Waals surface area contributed by atoms with Crippen LogP contribution in [0.15, 0.2) is 101 Å². The summed E-state index contributed by atoms with van der Waals surface area (Å²) in [6.45, 7) is 10.4. The number of benzene rings is 3. The van der Waals surface area contributed by atoms with E-state index in [4.69, 9.17) is 23.4 Å². The lowest BCUT2D eigenvalue weighted by molar-refractivity contribution is -0.0956. The van der Waals surface area contributed by atoms with Crippen molar-refractivity contribution < 1.29 is 28.5 Å². The van der Waals surface area contributed by atoms with Gasteiger partial charge in [0.2, 0.25) is 0 Å². The molecular weight excluding hydrogens is 616 g/mol. The molecule has 3 aromatic carbocycles. The first kappa shape index (κ1) is 34.3. The van der Waals surface area contributed by atoms with Crippen LogP contribution in [0.5, 0.6) is 11.5 Å². The number of rotatable bonds is 11. The van der Waals surface area contributed by atoms with Gasteiger partial charge in [-0.1, -0.05) is 75.4 Å². The Labute approximate surface area is 276 Å². The number of nitrogens with zero attached hydrogens (tertiary/aromatic N) is 1. The number of aromatic amines is 1. The van der Waals surface area contributed by atoms with Crippen LogP contribution in [-0.2, 0) is 19.5 Å². The first-order valence-corrected chi connectivity index (χ1v) is 18.5. The van der Waals surface area contributed by atoms with Crippen LogP contribution in [0.4, 0.5) is 0 Å². The summed E-state index contributed by atoms with van der Waals surface area (Å²) in [6, 6.07) is 26.4. The number of nitrogens with one attached hydrogen (secondary N) is 1. The number of hydrogen-bond acceptors (Lipinski definition) is 8. The molecule has 10 nitrogen and oxygen atoms in total. The van der Waals surface area contributed by atoms with Gasteiger partial charge in [0.25, 0.3) is 5.56 Å². The van der Waals surface area contributed by atoms with Crippen molar-refractivity contribution >= 4 is 8.32 Å². The first-order chi connectivity index (χ1) is 22.3. The third kappa shape index (κ3) is 6.86. The van der Waals surface area contributed by atoms with Crippen LogP contribution >= 0.6 is 0 Å². The van der Waals surface area contributed by atoms with E-state index in [-0.39, 0.29) is 11.6 Å². The third-order valence-electron chi connectivity index (χ3n) is 9.31. The van der Waals surface area contributed by atoms with Gasteiger partial charge in [-0.3, -0.25) is 14.3 Å². The molecule has 0 amide bonds. The van der Waals surface area contributed by atoms with Crippen LogP contribution in [0.2, 0.25) is 18.1 Å². The molecule has 0 radical (unpaired) electrons. The number of H-pyrrole nitrogens is 1. The van der Waals surface area contributed by atoms with E-state index in [1.807, 2.05) is 78.9 Å². The van der Waals surface area contributed by atoms with Crippen molar-refractivity contribution in [2.75, 3.05) is 20.8 Å². The zero-order chi connectivity index (χ0) is 34.0. The van der Waals surface area contributed by atoms with Crippen molar-refractivity contribution in [3.63, 3.8) is 0 Å². The molecule has 250 valence electrons. The van der Waals surface area contributed by atoms with Crippen LogP contribution in [0, 0.1) is 0 Å². The molecule has 4 unspecified atom stereocenters. The minimum atomic E-state index is -2.47. The van der Waals surface area contributed by atoms with Crippen LogP contribution in [0.1, 0.15) is 43.7 Å². The Morgan fingerprint density at radius 1 is 0.830 bits per heavy atom. The highest BCUT2D eigenvalue weighted by Crippen LogP contribution is 2.44. The van der Waals surface area contributed by atoms with Crippen molar-refractivity contribution in [3.05, 3.63) is 129 Å². The molecule has 47 heavy (non-hydrogen) atoms. The average molecular weight is 661 g/mol. The van der Waals surface area contributed by atoms with Crippen LogP contribution in [-0.4, -0.2) is 62.1 Å². The minimum absolute atomic E-state index is 0.0694. The van der Waals surface area contributed by atoms with Crippen LogP contribution < -0.4 is 20.7 Å². The number of hydrogen-bond donors (Lipinski definition) is 2. The van der Waals surface area contributed by atoms with E-state index in [2.05, 4.69) is 38.8 Å². The number of methoxy groups -OCH3 is 2. The first-order valence-electron chi connectivity index (χ1n) is 15.6. The highest BCUT2D eigenvalue weighted by atomic mass is 28.4. The van der Waals surface area contributed by atoms with Gasteiger partial charge in [0.1, 0.15) is 35.4 Å². The zero-order valence-electron chi connectivity index (χ0n) is 27.9. The lowest BCUT2D eigenvalue weighted by Crippen LogP contribution is -2.50. The maximum absolute atomic E-state index is 13.0. The number of aliphatic hydroxyl groups is 1. The summed E-state index contributed by atoms with van der Waals surface area (Å²) in [5.41, 5.74) is 0.166. The van der Waals surface area contributed by atoms with Crippen molar-refractivity contribution in [2.24, 2.45) is 0 Å². The van der Waals surface area contributed by atoms with Gasteiger partial charge in [0.05, 0.1) is 20.8 Å². The molecule has 2 heterocycles. The molecule has 1 aliphatic heterocycles. The van der Waals surface area contributed by atoms with Gasteiger partial charge in [-0.15, -0.1) is 0 Å². The van der Waals surface area contributed by atoms with Crippen molar-refractivity contribution in [1.82, 2.24) is 9.55 Å². The summed E-state index contributed by atoms with van der Waals surface area (Å²) < 4.78 is 32.4. The lowest BCUT2D eigenvalue weighted by Gasteiger charge is -2.40. The molecule has 1 saturated heterocycles. The van der Waals surface area contributed by atoms with E-state index in [1.54, 1.807) is 14.2 Å². The molecule has 0 saturated carbocycles. The SMILES string of the molecule is COc1ccc(C(OCC2OC(n3ccc(=O)[nH]c3=O)C(O[Si](C)(C)C(C)(C)C)C2O)(c2ccccc2)c2ccc(OC)cc2)cc1. The predicted molar refractivity (Wildman–Crippen MR) is 182 cm³/mol. The van der Waals surface area contributed by atoms with Crippen molar-refractivity contribution in [1.29, 1.82) is 0 Å². The molecular formula is C36H44N2O8Si. The predicted octanol–water partition coefficient (Wildman–Crippen LogP) is 5.21. The fraction of sp³-hybridized carbons (Fsp3) is 0.389. The van der Waals surface area contributed by atoms with Crippen molar-refractivity contribution in [2.45, 2.75) is 69.0 Å². The Kier molecular flexibility index (Phi) is 9.95. The molecule has 1 aromatic heterocycles. The van der Waals surface area contributed by atoms with E-state index in [0.717, 1.165) is 16.7 Å². The molecule has 1 fully saturated rings. The van der Waals surface area contributed by atoms with E-state index in [9.17, 15) is 14.7 Å². The zero-order valence-corrected chi connectivity index (χ0v) is 28.9. The third-order valence-corrected chi connectivity index (χ3v) is 13.8. The van der Waals surface area contributed by atoms with Gasteiger partial charge < -0.3 is 28.5 Å². The van der Waals surface area contributed by atoms with E-state index < -0.39 is 49.7 Å². The molecule has 11 heteroatoms. The molecule has 4 atom stereocenters. The summed E-state index contributed by atoms with van der Waals surface area (Å²) >= 11 is 0. The Bertz CT molecular complexity index is 1700. The van der Waals surface area contributed by atoms with Gasteiger partial charge >= 0.3 is 5.69 Å². The molecule has 0 aliphatic carbocycles. The normalized spacial score (nSPS) is 20.3. The van der Waals surface area contributed by atoms with Gasteiger partial charge in [-0.05, 0) is 59.1 Å². The van der Waals surface area contributed by atoms with Gasteiger partial charge in [0.15, 0.2) is 14.5 Å². The molecule has 0 bridgehead atoms. The highest BCUT2D eigenvalue weighted by Gasteiger charge is 2.51. The van der Waals surface area contributed by atoms with Crippen LogP contribution in [0.3, 0.4) is 0 Å². The summed E-state index contributed by atoms with van der Waals surface area (Å²) in [4.78, 5) is 27.2. The van der Waals surface area contributed by atoms with Gasteiger partial charge in [-0.2, -0.15) is 0 Å². The van der Waals surface area contributed by atoms with E-state index >= 15 is 0 Å². The molecule has 4 aromatic rings. The fourth-order valence-electron chi connectivity index (χ4n) is 5.63. The number of ether oxygens (including phenoxy) is 4. The lowest BCUT2D eigenvalue weighted by atomic mass is 9.80. The van der Waals surface area contributed by atoms with Gasteiger partial charge in [-0.25, -0.2) is 4.79 Å². The fourth-order valence-corrected chi connectivity index (χ4v) is 6.92. The smallest absolute Gasteiger partial charge is 0.330 e. The Balaban J connectivity index is 1.59. The summed E-state index contributed by atoms with van der Waals surface area (Å²) in [6.07, 6.45) is -2.60. The molecule has 5 rings (SSSR count). The topological polar surface area (TPSA) is 121 Å². The number of aliphatic hydroxyl groups excluding tert-OH is 1. The second kappa shape index (κ2) is 13.6.